The molecule has 0 bridgehead atoms. The number of aromatic nitrogens is 2. The second-order valence-corrected chi connectivity index (χ2v) is 5.71. The molecule has 0 saturated carbocycles. The Morgan fingerprint density at radius 1 is 1.67 bits per heavy atom. The number of aromatic amines is 1. The van der Waals surface area contributed by atoms with Crippen LogP contribution in [-0.2, 0) is 6.54 Å². The molecule has 0 aliphatic carbocycles. The molecule has 2 atom stereocenters. The van der Waals surface area contributed by atoms with Gasteiger partial charge in [0.05, 0.1) is 6.20 Å². The second-order valence-electron chi connectivity index (χ2n) is 4.23. The van der Waals surface area contributed by atoms with E-state index < -0.39 is 0 Å². The average Bonchev–Trinajstić information content (AvgIpc) is 2.63. The molecule has 1 aromatic heterocycles. The first-order chi connectivity index (χ1) is 7.27. The van der Waals surface area contributed by atoms with E-state index >= 15 is 0 Å². The zero-order chi connectivity index (χ0) is 10.7. The molecule has 2 N–H and O–H groups in total. The highest BCUT2D eigenvalue weighted by Gasteiger charge is 2.21. The molecule has 2 unspecified atom stereocenters. The van der Waals surface area contributed by atoms with Crippen LogP contribution in [0.3, 0.4) is 0 Å². The number of H-pyrrole nitrogens is 1. The van der Waals surface area contributed by atoms with Gasteiger partial charge in [-0.1, -0.05) is 6.92 Å². The van der Waals surface area contributed by atoms with Crippen LogP contribution in [0.25, 0.3) is 0 Å². The number of thioether (sulfide) groups is 1. The minimum Gasteiger partial charge on any atom is -0.309 e. The van der Waals surface area contributed by atoms with Crippen LogP contribution in [0.15, 0.2) is 6.20 Å². The van der Waals surface area contributed by atoms with Crippen LogP contribution in [0.1, 0.15) is 31.0 Å². The first-order valence-electron chi connectivity index (χ1n) is 5.61. The van der Waals surface area contributed by atoms with E-state index in [0.29, 0.717) is 6.04 Å². The Labute approximate surface area is 95.4 Å². The van der Waals surface area contributed by atoms with Crippen molar-refractivity contribution >= 4 is 11.8 Å². The molecule has 15 heavy (non-hydrogen) atoms. The van der Waals surface area contributed by atoms with Crippen molar-refractivity contribution < 1.29 is 0 Å². The van der Waals surface area contributed by atoms with Gasteiger partial charge in [-0.25, -0.2) is 0 Å². The van der Waals surface area contributed by atoms with Crippen LogP contribution in [0.4, 0.5) is 0 Å². The number of hydrogen-bond donors (Lipinski definition) is 2. The van der Waals surface area contributed by atoms with Gasteiger partial charge < -0.3 is 5.32 Å². The number of hydrogen-bond acceptors (Lipinski definition) is 3. The van der Waals surface area contributed by atoms with Crippen LogP contribution in [0.2, 0.25) is 0 Å². The minimum absolute atomic E-state index is 0.665. The van der Waals surface area contributed by atoms with Gasteiger partial charge in [0.1, 0.15) is 0 Å². The van der Waals surface area contributed by atoms with Gasteiger partial charge in [0.2, 0.25) is 0 Å². The number of rotatable bonds is 3. The monoisotopic (exact) mass is 225 g/mol. The number of nitrogens with one attached hydrogen (secondary N) is 2. The van der Waals surface area contributed by atoms with Gasteiger partial charge in [-0.15, -0.1) is 0 Å². The summed E-state index contributed by atoms with van der Waals surface area (Å²) in [7, 11) is 0. The van der Waals surface area contributed by atoms with Gasteiger partial charge in [0, 0.05) is 29.1 Å². The van der Waals surface area contributed by atoms with Gasteiger partial charge in [0.25, 0.3) is 0 Å². The number of aryl methyl sites for hydroxylation is 1. The van der Waals surface area contributed by atoms with Crippen molar-refractivity contribution in [3.8, 4) is 0 Å². The smallest absolute Gasteiger partial charge is 0.0535 e. The molecule has 3 nitrogen and oxygen atoms in total. The summed E-state index contributed by atoms with van der Waals surface area (Å²) in [4.78, 5) is 0. The third-order valence-electron chi connectivity index (χ3n) is 3.10. The van der Waals surface area contributed by atoms with Gasteiger partial charge in [-0.3, -0.25) is 5.10 Å². The lowest BCUT2D eigenvalue weighted by Gasteiger charge is -2.29. The van der Waals surface area contributed by atoms with Crippen LogP contribution in [-0.4, -0.2) is 27.2 Å². The third-order valence-corrected chi connectivity index (χ3v) is 4.47. The standard InChI is InChI=1S/C11H19N3S/c1-8-10(7-13-14-8)6-12-11-4-3-5-15-9(11)2/h7,9,11-12H,3-6H2,1-2H3,(H,13,14). The molecule has 84 valence electrons. The quantitative estimate of drug-likeness (QED) is 0.827. The SMILES string of the molecule is Cc1[nH]ncc1CNC1CCCSC1C. The summed E-state index contributed by atoms with van der Waals surface area (Å²) < 4.78 is 0. The van der Waals surface area contributed by atoms with E-state index in [1.807, 2.05) is 6.20 Å². The van der Waals surface area contributed by atoms with E-state index in [1.54, 1.807) is 0 Å². The van der Waals surface area contributed by atoms with Crippen molar-refractivity contribution in [2.75, 3.05) is 5.75 Å². The van der Waals surface area contributed by atoms with Gasteiger partial charge in [0.15, 0.2) is 0 Å². The summed E-state index contributed by atoms with van der Waals surface area (Å²) in [6, 6.07) is 0.665. The van der Waals surface area contributed by atoms with E-state index in [-0.39, 0.29) is 0 Å². The third kappa shape index (κ3) is 2.75. The van der Waals surface area contributed by atoms with E-state index in [1.165, 1.54) is 29.9 Å². The van der Waals surface area contributed by atoms with Crippen molar-refractivity contribution in [2.24, 2.45) is 0 Å². The molecular weight excluding hydrogens is 206 g/mol. The highest BCUT2D eigenvalue weighted by atomic mass is 32.2. The van der Waals surface area contributed by atoms with Crippen LogP contribution in [0.5, 0.6) is 0 Å². The first kappa shape index (κ1) is 11.0. The van der Waals surface area contributed by atoms with Crippen molar-refractivity contribution in [2.45, 2.75) is 44.5 Å². The highest BCUT2D eigenvalue weighted by molar-refractivity contribution is 7.99. The van der Waals surface area contributed by atoms with Gasteiger partial charge >= 0.3 is 0 Å². The Morgan fingerprint density at radius 2 is 2.53 bits per heavy atom. The molecule has 1 saturated heterocycles. The Kier molecular flexibility index (Phi) is 3.70. The molecule has 2 heterocycles. The molecule has 2 rings (SSSR count). The molecule has 1 aliphatic rings. The molecule has 0 radical (unpaired) electrons. The lowest BCUT2D eigenvalue weighted by molar-refractivity contribution is 0.461. The van der Waals surface area contributed by atoms with Crippen LogP contribution >= 0.6 is 11.8 Å². The molecule has 0 spiro atoms. The Morgan fingerprint density at radius 3 is 3.20 bits per heavy atom. The van der Waals surface area contributed by atoms with E-state index in [0.717, 1.165) is 11.8 Å². The molecule has 1 fully saturated rings. The normalized spacial score (nSPS) is 26.8. The summed E-state index contributed by atoms with van der Waals surface area (Å²) >= 11 is 2.08. The van der Waals surface area contributed by atoms with Gasteiger partial charge in [-0.2, -0.15) is 16.9 Å². The van der Waals surface area contributed by atoms with E-state index in [2.05, 4.69) is 41.1 Å². The number of nitrogens with zero attached hydrogens (tertiary/aromatic N) is 1. The Hall–Kier alpha value is -0.480. The topological polar surface area (TPSA) is 40.7 Å². The molecular formula is C11H19N3S. The summed E-state index contributed by atoms with van der Waals surface area (Å²) in [6.45, 7) is 5.34. The molecule has 0 amide bonds. The molecule has 1 aliphatic heterocycles. The fourth-order valence-corrected chi connectivity index (χ4v) is 3.16. The summed E-state index contributed by atoms with van der Waals surface area (Å²) in [5, 5.41) is 11.4. The van der Waals surface area contributed by atoms with Crippen molar-refractivity contribution in [3.05, 3.63) is 17.5 Å². The minimum atomic E-state index is 0.665. The lowest BCUT2D eigenvalue weighted by atomic mass is 10.1. The summed E-state index contributed by atoms with van der Waals surface area (Å²) in [5.74, 6) is 1.32. The predicted octanol–water partition coefficient (Wildman–Crippen LogP) is 2.09. The molecule has 4 heteroatoms. The highest BCUT2D eigenvalue weighted by Crippen LogP contribution is 2.25. The molecule has 1 aromatic rings. The zero-order valence-corrected chi connectivity index (χ0v) is 10.2. The van der Waals surface area contributed by atoms with Crippen LogP contribution in [0, 0.1) is 6.92 Å². The summed E-state index contributed by atoms with van der Waals surface area (Å²) in [6.07, 6.45) is 4.57. The average molecular weight is 225 g/mol. The first-order valence-corrected chi connectivity index (χ1v) is 6.66. The van der Waals surface area contributed by atoms with E-state index in [9.17, 15) is 0 Å². The van der Waals surface area contributed by atoms with Gasteiger partial charge in [-0.05, 0) is 25.5 Å². The maximum Gasteiger partial charge on any atom is 0.0535 e. The maximum atomic E-state index is 4.03. The predicted molar refractivity (Wildman–Crippen MR) is 65.1 cm³/mol. The second kappa shape index (κ2) is 5.03. The Bertz CT molecular complexity index is 311. The Balaban J connectivity index is 1.84. The maximum absolute atomic E-state index is 4.03. The van der Waals surface area contributed by atoms with Crippen molar-refractivity contribution in [3.63, 3.8) is 0 Å². The lowest BCUT2D eigenvalue weighted by Crippen LogP contribution is -2.38. The molecule has 0 aromatic carbocycles. The van der Waals surface area contributed by atoms with Crippen molar-refractivity contribution in [1.82, 2.24) is 15.5 Å². The largest absolute Gasteiger partial charge is 0.309 e. The fraction of sp³-hybridized carbons (Fsp3) is 0.727. The van der Waals surface area contributed by atoms with E-state index in [4.69, 9.17) is 0 Å². The fourth-order valence-electron chi connectivity index (χ4n) is 1.99. The van der Waals surface area contributed by atoms with Crippen molar-refractivity contribution in [1.29, 1.82) is 0 Å². The van der Waals surface area contributed by atoms with Crippen LogP contribution < -0.4 is 5.32 Å². The summed E-state index contributed by atoms with van der Waals surface area (Å²) in [5.41, 5.74) is 2.47. The zero-order valence-electron chi connectivity index (χ0n) is 9.42.